The summed E-state index contributed by atoms with van der Waals surface area (Å²) in [7, 11) is 3.79. The molecular weight excluding hydrogens is 501 g/mol. The third kappa shape index (κ3) is 6.50. The molecule has 3 aromatic rings. The first-order chi connectivity index (χ1) is 16.8. The van der Waals surface area contributed by atoms with E-state index in [1.807, 2.05) is 54.2 Å². The number of likely N-dealkylation sites (tertiary alicyclic amines) is 1. The number of nitrogens with zero attached hydrogens (tertiary/aromatic N) is 3. The standard InChI is InChI=1S/C28H30Cl3N3O/c1-32(24-13-14-25(30)26(31)17-24)19-28(35)33(2)27(18-34-15-3-4-16-34)22-7-5-20(6-8-22)21-9-11-23(29)12-10-21/h5-14,17,27H,3-4,15-16,18-19H2,1-2H3. The van der Waals surface area contributed by atoms with E-state index in [9.17, 15) is 4.79 Å². The zero-order valence-corrected chi connectivity index (χ0v) is 22.3. The number of hydrogen-bond acceptors (Lipinski definition) is 3. The van der Waals surface area contributed by atoms with Crippen molar-refractivity contribution in [2.45, 2.75) is 18.9 Å². The molecule has 1 aliphatic heterocycles. The molecule has 1 saturated heterocycles. The molecule has 0 N–H and O–H groups in total. The molecule has 184 valence electrons. The lowest BCUT2D eigenvalue weighted by molar-refractivity contribution is -0.131. The van der Waals surface area contributed by atoms with Gasteiger partial charge in [0, 0.05) is 31.4 Å². The van der Waals surface area contributed by atoms with Gasteiger partial charge in [0.25, 0.3) is 0 Å². The van der Waals surface area contributed by atoms with E-state index < -0.39 is 0 Å². The first-order valence-electron chi connectivity index (χ1n) is 11.8. The van der Waals surface area contributed by atoms with Crippen molar-refractivity contribution in [1.82, 2.24) is 9.80 Å². The Labute approximate surface area is 223 Å². The van der Waals surface area contributed by atoms with Crippen molar-refractivity contribution in [3.8, 4) is 11.1 Å². The molecule has 1 heterocycles. The molecule has 3 aromatic carbocycles. The topological polar surface area (TPSA) is 26.8 Å². The van der Waals surface area contributed by atoms with Crippen molar-refractivity contribution < 1.29 is 4.79 Å². The summed E-state index contributed by atoms with van der Waals surface area (Å²) in [4.78, 5) is 19.6. The van der Waals surface area contributed by atoms with E-state index >= 15 is 0 Å². The first-order valence-corrected chi connectivity index (χ1v) is 13.0. The molecule has 7 heteroatoms. The van der Waals surface area contributed by atoms with Crippen molar-refractivity contribution in [2.24, 2.45) is 0 Å². The minimum absolute atomic E-state index is 0.0397. The third-order valence-corrected chi connectivity index (χ3v) is 7.67. The second-order valence-corrected chi connectivity index (χ2v) is 10.4. The van der Waals surface area contributed by atoms with Crippen LogP contribution >= 0.6 is 34.8 Å². The maximum Gasteiger partial charge on any atom is 0.242 e. The Morgan fingerprint density at radius 1 is 0.857 bits per heavy atom. The number of benzene rings is 3. The van der Waals surface area contributed by atoms with Crippen LogP contribution in [0.15, 0.2) is 66.7 Å². The van der Waals surface area contributed by atoms with E-state index in [1.165, 1.54) is 12.8 Å². The van der Waals surface area contributed by atoms with Gasteiger partial charge in [0.1, 0.15) is 0 Å². The fourth-order valence-corrected chi connectivity index (χ4v) is 4.92. The van der Waals surface area contributed by atoms with Crippen molar-refractivity contribution in [1.29, 1.82) is 0 Å². The van der Waals surface area contributed by atoms with E-state index in [1.54, 1.807) is 12.1 Å². The van der Waals surface area contributed by atoms with E-state index in [2.05, 4.69) is 29.2 Å². The zero-order chi connectivity index (χ0) is 24.9. The number of likely N-dealkylation sites (N-methyl/N-ethyl adjacent to an activating group) is 2. The van der Waals surface area contributed by atoms with Gasteiger partial charge in [0.15, 0.2) is 0 Å². The second kappa shape index (κ2) is 11.7. The molecule has 0 aromatic heterocycles. The third-order valence-electron chi connectivity index (χ3n) is 6.68. The Bertz CT molecular complexity index is 1150. The Kier molecular flexibility index (Phi) is 8.61. The van der Waals surface area contributed by atoms with Crippen molar-refractivity contribution in [3.05, 3.63) is 87.4 Å². The fourth-order valence-electron chi connectivity index (χ4n) is 4.50. The number of halogens is 3. The summed E-state index contributed by atoms with van der Waals surface area (Å²) in [5.41, 5.74) is 4.22. The highest BCUT2D eigenvalue weighted by atomic mass is 35.5. The predicted octanol–water partition coefficient (Wildman–Crippen LogP) is 7.05. The van der Waals surface area contributed by atoms with Gasteiger partial charge in [-0.15, -0.1) is 0 Å². The highest BCUT2D eigenvalue weighted by molar-refractivity contribution is 6.42. The molecule has 1 aliphatic rings. The van der Waals surface area contributed by atoms with Crippen LogP contribution in [0.2, 0.25) is 15.1 Å². The fraction of sp³-hybridized carbons (Fsp3) is 0.321. The molecule has 0 radical (unpaired) electrons. The van der Waals surface area contributed by atoms with Crippen LogP contribution in [-0.2, 0) is 4.79 Å². The summed E-state index contributed by atoms with van der Waals surface area (Å²) < 4.78 is 0. The van der Waals surface area contributed by atoms with E-state index in [4.69, 9.17) is 34.8 Å². The predicted molar refractivity (Wildman–Crippen MR) is 148 cm³/mol. The molecule has 35 heavy (non-hydrogen) atoms. The number of amides is 1. The monoisotopic (exact) mass is 529 g/mol. The lowest BCUT2D eigenvalue weighted by atomic mass is 9.99. The van der Waals surface area contributed by atoms with Gasteiger partial charge in [0.2, 0.25) is 5.91 Å². The molecule has 0 aliphatic carbocycles. The first kappa shape index (κ1) is 25.8. The van der Waals surface area contributed by atoms with E-state index in [0.717, 1.165) is 47.0 Å². The molecule has 4 rings (SSSR count). The lowest BCUT2D eigenvalue weighted by Gasteiger charge is -2.33. The van der Waals surface area contributed by atoms with Gasteiger partial charge in [0.05, 0.1) is 22.6 Å². The maximum atomic E-state index is 13.4. The quantitative estimate of drug-likeness (QED) is 0.312. The van der Waals surface area contributed by atoms with Gasteiger partial charge in [-0.1, -0.05) is 71.2 Å². The summed E-state index contributed by atoms with van der Waals surface area (Å²) in [6, 6.07) is 21.7. The zero-order valence-electron chi connectivity index (χ0n) is 20.1. The molecule has 1 fully saturated rings. The number of carbonyl (C=O) groups is 1. The molecule has 4 nitrogen and oxygen atoms in total. The van der Waals surface area contributed by atoms with Gasteiger partial charge < -0.3 is 14.7 Å². The average Bonchev–Trinajstić information content (AvgIpc) is 3.38. The van der Waals surface area contributed by atoms with Crippen LogP contribution in [0, 0.1) is 0 Å². The van der Waals surface area contributed by atoms with Crippen molar-refractivity contribution in [2.75, 3.05) is 45.2 Å². The van der Waals surface area contributed by atoms with Gasteiger partial charge in [-0.05, 0) is 73.0 Å². The van der Waals surface area contributed by atoms with Crippen LogP contribution in [0.5, 0.6) is 0 Å². The number of rotatable bonds is 8. The second-order valence-electron chi connectivity index (χ2n) is 9.11. The summed E-state index contributed by atoms with van der Waals surface area (Å²) in [5, 5.41) is 1.70. The summed E-state index contributed by atoms with van der Waals surface area (Å²) in [6.45, 7) is 3.21. The molecule has 1 amide bonds. The van der Waals surface area contributed by atoms with Crippen LogP contribution in [0.25, 0.3) is 11.1 Å². The summed E-state index contributed by atoms with van der Waals surface area (Å²) in [5.74, 6) is 0.0459. The number of carbonyl (C=O) groups excluding carboxylic acids is 1. The molecule has 0 bridgehead atoms. The molecule has 1 unspecified atom stereocenters. The highest BCUT2D eigenvalue weighted by Gasteiger charge is 2.26. The van der Waals surface area contributed by atoms with Crippen molar-refractivity contribution >= 4 is 46.4 Å². The smallest absolute Gasteiger partial charge is 0.242 e. The van der Waals surface area contributed by atoms with Gasteiger partial charge >= 0.3 is 0 Å². The average molecular weight is 531 g/mol. The Morgan fingerprint density at radius 3 is 2.06 bits per heavy atom. The van der Waals surface area contributed by atoms with Gasteiger partial charge in [-0.25, -0.2) is 0 Å². The van der Waals surface area contributed by atoms with Crippen LogP contribution < -0.4 is 4.90 Å². The molecule has 0 spiro atoms. The molecule has 1 atom stereocenters. The Balaban J connectivity index is 1.52. The Hall–Kier alpha value is -2.24. The summed E-state index contributed by atoms with van der Waals surface area (Å²) >= 11 is 18.3. The SMILES string of the molecule is CN(CC(=O)N(C)C(CN1CCCC1)c1ccc(-c2ccc(Cl)cc2)cc1)c1ccc(Cl)c(Cl)c1. The highest BCUT2D eigenvalue weighted by Crippen LogP contribution is 2.29. The van der Waals surface area contributed by atoms with Crippen LogP contribution in [-0.4, -0.2) is 56.0 Å². The minimum Gasteiger partial charge on any atom is -0.365 e. The van der Waals surface area contributed by atoms with Crippen LogP contribution in [0.4, 0.5) is 5.69 Å². The van der Waals surface area contributed by atoms with Gasteiger partial charge in [-0.2, -0.15) is 0 Å². The largest absolute Gasteiger partial charge is 0.365 e. The van der Waals surface area contributed by atoms with Crippen LogP contribution in [0.1, 0.15) is 24.4 Å². The van der Waals surface area contributed by atoms with E-state index in [-0.39, 0.29) is 18.5 Å². The van der Waals surface area contributed by atoms with Crippen molar-refractivity contribution in [3.63, 3.8) is 0 Å². The van der Waals surface area contributed by atoms with Crippen LogP contribution in [0.3, 0.4) is 0 Å². The molecule has 0 saturated carbocycles. The normalized spacial score (nSPS) is 14.7. The molecular formula is C28H30Cl3N3O. The number of anilines is 1. The Morgan fingerprint density at radius 2 is 1.46 bits per heavy atom. The lowest BCUT2D eigenvalue weighted by Crippen LogP contribution is -2.42. The maximum absolute atomic E-state index is 13.4. The minimum atomic E-state index is -0.0397. The number of hydrogen-bond donors (Lipinski definition) is 0. The van der Waals surface area contributed by atoms with E-state index in [0.29, 0.717) is 10.0 Å². The van der Waals surface area contributed by atoms with Gasteiger partial charge in [-0.3, -0.25) is 4.79 Å². The summed E-state index contributed by atoms with van der Waals surface area (Å²) in [6.07, 6.45) is 2.42.